The maximum atomic E-state index is 14.5. The number of aromatic nitrogens is 2. The number of anilines is 1. The minimum atomic E-state index is -4.48. The number of carbonyl (C=O) groups excluding carboxylic acids is 1. The summed E-state index contributed by atoms with van der Waals surface area (Å²) in [7, 11) is 0. The van der Waals surface area contributed by atoms with Crippen molar-refractivity contribution in [2.75, 3.05) is 25.0 Å². The van der Waals surface area contributed by atoms with Crippen LogP contribution in [0, 0.1) is 0 Å². The van der Waals surface area contributed by atoms with E-state index in [9.17, 15) is 22.8 Å². The molecule has 294 valence electrons. The quantitative estimate of drug-likeness (QED) is 0.155. The second kappa shape index (κ2) is 14.6. The van der Waals surface area contributed by atoms with Gasteiger partial charge in [-0.3, -0.25) is 14.5 Å². The summed E-state index contributed by atoms with van der Waals surface area (Å²) in [5.74, 6) is -0.591. The van der Waals surface area contributed by atoms with Crippen molar-refractivity contribution >= 4 is 22.9 Å². The summed E-state index contributed by atoms with van der Waals surface area (Å²) >= 11 is 0. The first-order valence-electron chi connectivity index (χ1n) is 19.1. The van der Waals surface area contributed by atoms with Gasteiger partial charge >= 0.3 is 18.0 Å². The van der Waals surface area contributed by atoms with E-state index in [1.54, 1.807) is 40.8 Å². The summed E-state index contributed by atoms with van der Waals surface area (Å²) < 4.78 is 56.2. The molecular weight excluding hydrogens is 732 g/mol. The molecule has 0 unspecified atom stereocenters. The first-order chi connectivity index (χ1) is 27.2. The zero-order chi connectivity index (χ0) is 40.1. The van der Waals surface area contributed by atoms with Gasteiger partial charge in [0.15, 0.2) is 5.58 Å². The Morgan fingerprint density at radius 3 is 1.93 bits per heavy atom. The fraction of sp³-hybridized carbons (Fsp3) is 0.311. The highest BCUT2D eigenvalue weighted by Gasteiger charge is 2.45. The molecule has 2 aliphatic rings. The highest BCUT2D eigenvalue weighted by molar-refractivity contribution is 5.81. The molecule has 0 aliphatic carbocycles. The minimum absolute atomic E-state index is 0.0303. The highest BCUT2D eigenvalue weighted by Crippen LogP contribution is 2.45. The van der Waals surface area contributed by atoms with Gasteiger partial charge in [-0.25, -0.2) is 9.59 Å². The molecule has 0 radical (unpaired) electrons. The molecule has 9 nitrogen and oxygen atoms in total. The van der Waals surface area contributed by atoms with Crippen LogP contribution in [0.5, 0.6) is 0 Å². The molecule has 57 heavy (non-hydrogen) atoms. The van der Waals surface area contributed by atoms with Crippen LogP contribution in [-0.2, 0) is 16.7 Å². The van der Waals surface area contributed by atoms with Crippen LogP contribution in [0.1, 0.15) is 67.2 Å². The van der Waals surface area contributed by atoms with Crippen molar-refractivity contribution in [3.63, 3.8) is 0 Å². The smallest absolute Gasteiger partial charge is 0.421 e. The Morgan fingerprint density at radius 1 is 0.842 bits per heavy atom. The maximum absolute atomic E-state index is 14.5. The van der Waals surface area contributed by atoms with Crippen molar-refractivity contribution in [2.24, 2.45) is 0 Å². The summed E-state index contributed by atoms with van der Waals surface area (Å²) in [4.78, 5) is 34.7. The Morgan fingerprint density at radius 2 is 1.42 bits per heavy atom. The van der Waals surface area contributed by atoms with Crippen LogP contribution >= 0.6 is 0 Å². The minimum Gasteiger partial charge on any atom is -0.444 e. The molecule has 0 bridgehead atoms. The fourth-order valence-corrected chi connectivity index (χ4v) is 8.42. The molecule has 2 aromatic heterocycles. The number of likely N-dealkylation sites (tertiary alicyclic amines) is 1. The number of halogens is 3. The number of alkyl halides is 3. The van der Waals surface area contributed by atoms with Crippen LogP contribution in [0.25, 0.3) is 11.1 Å². The van der Waals surface area contributed by atoms with Gasteiger partial charge in [-0.15, -0.1) is 0 Å². The van der Waals surface area contributed by atoms with Crippen molar-refractivity contribution in [1.29, 1.82) is 0 Å². The maximum Gasteiger partial charge on any atom is 0.421 e. The molecule has 0 saturated carbocycles. The van der Waals surface area contributed by atoms with Crippen LogP contribution in [0.2, 0.25) is 0 Å². The van der Waals surface area contributed by atoms with Crippen molar-refractivity contribution in [1.82, 2.24) is 19.4 Å². The molecule has 1 N–H and O–H groups in total. The lowest BCUT2D eigenvalue weighted by Crippen LogP contribution is -2.57. The Balaban J connectivity index is 1.22. The van der Waals surface area contributed by atoms with Crippen molar-refractivity contribution < 1.29 is 27.1 Å². The third-order valence-corrected chi connectivity index (χ3v) is 10.8. The molecule has 0 spiro atoms. The lowest BCUT2D eigenvalue weighted by molar-refractivity contribution is -0.155. The van der Waals surface area contributed by atoms with E-state index in [1.807, 2.05) is 118 Å². The number of hydrogen-bond donors (Lipinski definition) is 1. The van der Waals surface area contributed by atoms with Crippen molar-refractivity contribution in [3.8, 4) is 0 Å². The number of rotatable bonds is 8. The van der Waals surface area contributed by atoms with Crippen molar-refractivity contribution in [3.05, 3.63) is 166 Å². The third kappa shape index (κ3) is 7.18. The second-order valence-electron chi connectivity index (χ2n) is 15.9. The molecule has 4 heterocycles. The Kier molecular flexibility index (Phi) is 9.71. The number of amides is 1. The van der Waals surface area contributed by atoms with Gasteiger partial charge < -0.3 is 19.4 Å². The van der Waals surface area contributed by atoms with E-state index >= 15 is 0 Å². The number of hydrogen-bond acceptors (Lipinski definition) is 7. The summed E-state index contributed by atoms with van der Waals surface area (Å²) in [5, 5.41) is 3.36. The Bertz CT molecular complexity index is 2330. The third-order valence-electron chi connectivity index (χ3n) is 10.8. The van der Waals surface area contributed by atoms with Gasteiger partial charge in [-0.05, 0) is 74.6 Å². The van der Waals surface area contributed by atoms with Crippen molar-refractivity contribution in [2.45, 2.75) is 69.6 Å². The van der Waals surface area contributed by atoms with Gasteiger partial charge in [0.2, 0.25) is 0 Å². The summed E-state index contributed by atoms with van der Waals surface area (Å²) in [6.45, 7) is 6.97. The summed E-state index contributed by atoms with van der Waals surface area (Å²) in [6.07, 6.45) is -3.03. The van der Waals surface area contributed by atoms with Crippen LogP contribution in [-0.4, -0.2) is 68.9 Å². The predicted octanol–water partition coefficient (Wildman–Crippen LogP) is 8.76. The van der Waals surface area contributed by atoms with Gasteiger partial charge in [-0.1, -0.05) is 97.1 Å². The monoisotopic (exact) mass is 775 g/mol. The lowest BCUT2D eigenvalue weighted by atomic mass is 9.76. The average Bonchev–Trinajstić information content (AvgIpc) is 3.50. The standard InChI is InChI=1S/C45H44F3N5O4/c1-29-24-36-35(39(52(29)28-44(46,47)48)37-22-20-33(25-49-37)50-34-26-51(27-34)41(54)57-43(2,3)4)21-23-38-40(36)56-42(55)53(38)45(30-14-8-5-9-15-30,31-16-10-6-11-17-31)32-18-12-7-13-19-32/h5-23,25,29,34,39,50H,24,26-28H2,1-4H3/t29-,39+/m1/s1. The molecule has 2 aliphatic heterocycles. The van der Waals surface area contributed by atoms with Crippen LogP contribution in [0.15, 0.2) is 131 Å². The summed E-state index contributed by atoms with van der Waals surface area (Å²) in [6, 6.07) is 35.0. The second-order valence-corrected chi connectivity index (χ2v) is 15.9. The van der Waals surface area contributed by atoms with E-state index in [0.717, 1.165) is 16.7 Å². The van der Waals surface area contributed by atoms with E-state index in [2.05, 4.69) is 5.32 Å². The topological polar surface area (TPSA) is 92.8 Å². The molecule has 12 heteroatoms. The fourth-order valence-electron chi connectivity index (χ4n) is 8.42. The number of oxazole rings is 1. The molecule has 2 atom stereocenters. The van der Waals surface area contributed by atoms with E-state index in [-0.39, 0.29) is 18.6 Å². The first kappa shape index (κ1) is 38.0. The van der Waals surface area contributed by atoms with E-state index < -0.39 is 41.7 Å². The zero-order valence-electron chi connectivity index (χ0n) is 32.2. The Hall–Kier alpha value is -5.88. The number of nitrogens with one attached hydrogen (secondary N) is 1. The molecule has 8 rings (SSSR count). The van der Waals surface area contributed by atoms with Gasteiger partial charge in [0, 0.05) is 24.7 Å². The average molecular weight is 776 g/mol. The largest absolute Gasteiger partial charge is 0.444 e. The summed E-state index contributed by atoms with van der Waals surface area (Å²) in [5.41, 5.74) is 4.00. The van der Waals surface area contributed by atoms with Crippen LogP contribution < -0.4 is 11.1 Å². The zero-order valence-corrected chi connectivity index (χ0v) is 32.2. The molecule has 4 aromatic carbocycles. The molecule has 6 aromatic rings. The van der Waals surface area contributed by atoms with E-state index in [4.69, 9.17) is 14.1 Å². The normalized spacial score (nSPS) is 17.9. The number of ether oxygens (including phenoxy) is 1. The number of fused-ring (bicyclic) bond motifs is 3. The van der Waals surface area contributed by atoms with Gasteiger partial charge in [0.1, 0.15) is 11.1 Å². The van der Waals surface area contributed by atoms with Gasteiger partial charge in [0.25, 0.3) is 0 Å². The predicted molar refractivity (Wildman–Crippen MR) is 212 cm³/mol. The van der Waals surface area contributed by atoms with Crippen LogP contribution in [0.3, 0.4) is 0 Å². The highest BCUT2D eigenvalue weighted by atomic mass is 19.4. The Labute approximate surface area is 328 Å². The SMILES string of the molecule is C[C@@H]1Cc2c(ccc3c2oc(=O)n3C(c2ccccc2)(c2ccccc2)c2ccccc2)[C@@H](c2ccc(NC3CN(C(=O)OC(C)(C)C)C3)cn2)N1CC(F)(F)F. The number of benzene rings is 4. The van der Waals surface area contributed by atoms with Gasteiger partial charge in [0.05, 0.1) is 41.7 Å². The first-order valence-corrected chi connectivity index (χ1v) is 19.1. The molecule has 1 amide bonds. The molecular formula is C45H44F3N5O4. The number of pyridine rings is 1. The van der Waals surface area contributed by atoms with Gasteiger partial charge in [-0.2, -0.15) is 13.2 Å². The molecule has 1 fully saturated rings. The number of nitrogens with zero attached hydrogens (tertiary/aromatic N) is 4. The molecule has 1 saturated heterocycles. The van der Waals surface area contributed by atoms with Crippen LogP contribution in [0.4, 0.5) is 23.7 Å². The number of carbonyl (C=O) groups is 1. The lowest BCUT2D eigenvalue weighted by Gasteiger charge is -2.42. The van der Waals surface area contributed by atoms with E-state index in [1.165, 1.54) is 4.90 Å². The van der Waals surface area contributed by atoms with E-state index in [0.29, 0.717) is 46.7 Å².